The Morgan fingerprint density at radius 1 is 1.28 bits per heavy atom. The van der Waals surface area contributed by atoms with Crippen molar-refractivity contribution in [3.63, 3.8) is 0 Å². The molecule has 0 fully saturated rings. The maximum Gasteiger partial charge on any atom is 0.138 e. The summed E-state index contributed by atoms with van der Waals surface area (Å²) in [5.74, 6) is 0.747. The summed E-state index contributed by atoms with van der Waals surface area (Å²) in [7, 11) is 0. The summed E-state index contributed by atoms with van der Waals surface area (Å²) in [6.07, 6.45) is 3.40. The molecule has 0 amide bonds. The van der Waals surface area contributed by atoms with Crippen molar-refractivity contribution in [1.82, 2.24) is 4.98 Å². The molecule has 0 atom stereocenters. The van der Waals surface area contributed by atoms with Crippen LogP contribution in [0.3, 0.4) is 0 Å². The van der Waals surface area contributed by atoms with E-state index in [1.165, 1.54) is 0 Å². The van der Waals surface area contributed by atoms with Gasteiger partial charge in [0.25, 0.3) is 0 Å². The monoisotopic (exact) mass is 326 g/mol. The quantitative estimate of drug-likeness (QED) is 0.843. The topological polar surface area (TPSA) is 34.1 Å². The Bertz CT molecular complexity index is 474. The number of ether oxygens (including phenoxy) is 1. The first kappa shape index (κ1) is 13.2. The van der Waals surface area contributed by atoms with Crippen LogP contribution in [0.25, 0.3) is 0 Å². The second-order valence-electron chi connectivity index (χ2n) is 3.62. The molecule has 5 heteroatoms. The first-order valence-corrected chi connectivity index (χ1v) is 6.64. The summed E-state index contributed by atoms with van der Waals surface area (Å²) in [4.78, 5) is 4.02. The minimum atomic E-state index is 0.560. The summed E-state index contributed by atoms with van der Waals surface area (Å²) < 4.78 is 6.46. The predicted molar refractivity (Wildman–Crippen MR) is 77.4 cm³/mol. The zero-order valence-electron chi connectivity index (χ0n) is 9.57. The molecule has 2 aromatic rings. The van der Waals surface area contributed by atoms with Crippen LogP contribution in [0.4, 0.5) is 5.69 Å². The van der Waals surface area contributed by atoms with Crippen LogP contribution in [-0.2, 0) is 0 Å². The van der Waals surface area contributed by atoms with E-state index in [-0.39, 0.29) is 0 Å². The van der Waals surface area contributed by atoms with Crippen molar-refractivity contribution < 1.29 is 4.74 Å². The van der Waals surface area contributed by atoms with Gasteiger partial charge in [-0.25, -0.2) is 0 Å². The van der Waals surface area contributed by atoms with Crippen LogP contribution < -0.4 is 10.1 Å². The van der Waals surface area contributed by atoms with Gasteiger partial charge in [-0.15, -0.1) is 0 Å². The van der Waals surface area contributed by atoms with E-state index >= 15 is 0 Å². The molecule has 0 aliphatic heterocycles. The number of nitrogens with one attached hydrogen (secondary N) is 1. The molecule has 0 unspecified atom stereocenters. The number of nitrogens with zero attached hydrogens (tertiary/aromatic N) is 1. The molecule has 0 saturated carbocycles. The Balaban J connectivity index is 1.76. The first-order chi connectivity index (χ1) is 8.74. The third kappa shape index (κ3) is 4.20. The Morgan fingerprint density at radius 3 is 2.94 bits per heavy atom. The van der Waals surface area contributed by atoms with Crippen molar-refractivity contribution in [3.05, 3.63) is 52.2 Å². The second kappa shape index (κ2) is 6.61. The van der Waals surface area contributed by atoms with Crippen LogP contribution in [0.15, 0.2) is 47.2 Å². The molecular weight excluding hydrogens is 316 g/mol. The van der Waals surface area contributed by atoms with Gasteiger partial charge in [-0.3, -0.25) is 4.98 Å². The van der Waals surface area contributed by atoms with Crippen molar-refractivity contribution in [3.8, 4) is 5.75 Å². The summed E-state index contributed by atoms with van der Waals surface area (Å²) in [6, 6.07) is 9.47. The van der Waals surface area contributed by atoms with E-state index in [0.29, 0.717) is 13.2 Å². The Labute approximate surface area is 119 Å². The molecular formula is C13H12BrClN2O. The minimum Gasteiger partial charge on any atom is -0.490 e. The van der Waals surface area contributed by atoms with Gasteiger partial charge >= 0.3 is 0 Å². The van der Waals surface area contributed by atoms with Crippen LogP contribution in [0, 0.1) is 0 Å². The van der Waals surface area contributed by atoms with Crippen LogP contribution in [0.2, 0.25) is 5.02 Å². The van der Waals surface area contributed by atoms with Crippen molar-refractivity contribution in [2.45, 2.75) is 0 Å². The first-order valence-electron chi connectivity index (χ1n) is 5.47. The molecule has 0 spiro atoms. The maximum absolute atomic E-state index is 5.89. The van der Waals surface area contributed by atoms with E-state index in [9.17, 15) is 0 Å². The van der Waals surface area contributed by atoms with Gasteiger partial charge in [0, 0.05) is 27.9 Å². The van der Waals surface area contributed by atoms with E-state index in [0.717, 1.165) is 20.9 Å². The third-order valence-electron chi connectivity index (χ3n) is 2.20. The predicted octanol–water partition coefficient (Wildman–Crippen LogP) is 3.99. The zero-order chi connectivity index (χ0) is 12.8. The smallest absolute Gasteiger partial charge is 0.138 e. The third-order valence-corrected chi connectivity index (χ3v) is 2.87. The van der Waals surface area contributed by atoms with E-state index in [4.69, 9.17) is 16.3 Å². The zero-order valence-corrected chi connectivity index (χ0v) is 11.9. The molecule has 0 bridgehead atoms. The highest BCUT2D eigenvalue weighted by Gasteiger charge is 1.96. The van der Waals surface area contributed by atoms with Crippen LogP contribution in [0.5, 0.6) is 5.75 Å². The van der Waals surface area contributed by atoms with Crippen LogP contribution in [0.1, 0.15) is 0 Å². The average molecular weight is 328 g/mol. The molecule has 18 heavy (non-hydrogen) atoms. The number of rotatable bonds is 5. The van der Waals surface area contributed by atoms with E-state index < -0.39 is 0 Å². The molecule has 94 valence electrons. The number of benzene rings is 1. The maximum atomic E-state index is 5.89. The number of pyridine rings is 1. The molecule has 1 heterocycles. The Hall–Kier alpha value is -1.26. The fourth-order valence-corrected chi connectivity index (χ4v) is 1.97. The van der Waals surface area contributed by atoms with Gasteiger partial charge in [0.15, 0.2) is 0 Å². The fourth-order valence-electron chi connectivity index (χ4n) is 1.43. The van der Waals surface area contributed by atoms with Crippen LogP contribution >= 0.6 is 27.5 Å². The number of anilines is 1. The number of aromatic nitrogens is 1. The fraction of sp³-hybridized carbons (Fsp3) is 0.154. The lowest BCUT2D eigenvalue weighted by atomic mass is 10.3. The lowest BCUT2D eigenvalue weighted by Crippen LogP contribution is -2.11. The molecule has 1 N–H and O–H groups in total. The van der Waals surface area contributed by atoms with Crippen molar-refractivity contribution >= 4 is 33.2 Å². The van der Waals surface area contributed by atoms with Gasteiger partial charge in [-0.2, -0.15) is 0 Å². The van der Waals surface area contributed by atoms with Gasteiger partial charge < -0.3 is 10.1 Å². The highest BCUT2D eigenvalue weighted by atomic mass is 79.9. The standard InChI is InChI=1S/C13H12BrClN2O/c14-10-6-13(9-16-8-10)18-5-4-17-12-3-1-2-11(15)7-12/h1-3,6-9,17H,4-5H2. The van der Waals surface area contributed by atoms with Crippen molar-refractivity contribution in [2.24, 2.45) is 0 Å². The number of hydrogen-bond donors (Lipinski definition) is 1. The molecule has 3 nitrogen and oxygen atoms in total. The van der Waals surface area contributed by atoms with Crippen molar-refractivity contribution in [1.29, 1.82) is 0 Å². The van der Waals surface area contributed by atoms with Gasteiger partial charge in [0.05, 0.1) is 6.20 Å². The lowest BCUT2D eigenvalue weighted by Gasteiger charge is -2.08. The molecule has 1 aromatic heterocycles. The lowest BCUT2D eigenvalue weighted by molar-refractivity contribution is 0.331. The minimum absolute atomic E-state index is 0.560. The van der Waals surface area contributed by atoms with Crippen molar-refractivity contribution in [2.75, 3.05) is 18.5 Å². The summed E-state index contributed by atoms with van der Waals surface area (Å²) >= 11 is 9.23. The molecule has 0 radical (unpaired) electrons. The Kier molecular flexibility index (Phi) is 4.84. The molecule has 0 saturated heterocycles. The van der Waals surface area contributed by atoms with Gasteiger partial charge in [0.1, 0.15) is 12.4 Å². The molecule has 0 aliphatic rings. The Morgan fingerprint density at radius 2 is 2.17 bits per heavy atom. The highest BCUT2D eigenvalue weighted by Crippen LogP contribution is 2.16. The van der Waals surface area contributed by atoms with Crippen LogP contribution in [-0.4, -0.2) is 18.1 Å². The molecule has 2 rings (SSSR count). The highest BCUT2D eigenvalue weighted by molar-refractivity contribution is 9.10. The summed E-state index contributed by atoms with van der Waals surface area (Å²) in [5.41, 5.74) is 0.985. The number of hydrogen-bond acceptors (Lipinski definition) is 3. The SMILES string of the molecule is Clc1cccc(NCCOc2cncc(Br)c2)c1. The van der Waals surface area contributed by atoms with Gasteiger partial charge in [-0.05, 0) is 40.2 Å². The van der Waals surface area contributed by atoms with E-state index in [1.807, 2.05) is 30.3 Å². The normalized spacial score (nSPS) is 10.1. The second-order valence-corrected chi connectivity index (χ2v) is 4.98. The number of halogens is 2. The summed E-state index contributed by atoms with van der Waals surface area (Å²) in [5, 5.41) is 3.95. The van der Waals surface area contributed by atoms with E-state index in [1.54, 1.807) is 12.4 Å². The summed E-state index contributed by atoms with van der Waals surface area (Å²) in [6.45, 7) is 1.26. The average Bonchev–Trinajstić information content (AvgIpc) is 2.35. The van der Waals surface area contributed by atoms with Gasteiger partial charge in [-0.1, -0.05) is 17.7 Å². The largest absolute Gasteiger partial charge is 0.490 e. The molecule has 0 aliphatic carbocycles. The molecule has 1 aromatic carbocycles. The van der Waals surface area contributed by atoms with Gasteiger partial charge in [0.2, 0.25) is 0 Å². The van der Waals surface area contributed by atoms with E-state index in [2.05, 4.69) is 26.2 Å².